The molecule has 0 aromatic carbocycles. The number of rotatable bonds is 10. The predicted molar refractivity (Wildman–Crippen MR) is 103 cm³/mol. The minimum atomic E-state index is -0.945. The van der Waals surface area contributed by atoms with Gasteiger partial charge in [0.15, 0.2) is 0 Å². The Morgan fingerprint density at radius 3 is 1.83 bits per heavy atom. The van der Waals surface area contributed by atoms with Crippen molar-refractivity contribution in [1.82, 2.24) is 15.1 Å². The standard InChI is InChI=1S/C20H31N3O6/c24-17(22-11-1-3-15(22)19(26)27)8-7-14(13-5-6-13)21-10-9-18(25)23-12-2-4-16(23)20(28)29/h13-16,21H,1-12H2,(H,26,27)(H,28,29)/t14?,15-,16-/m1/s1. The number of carbonyl (C=O) groups excluding carboxylic acids is 2. The Bertz CT molecular complexity index is 650. The van der Waals surface area contributed by atoms with Crippen molar-refractivity contribution < 1.29 is 29.4 Å². The van der Waals surface area contributed by atoms with E-state index in [0.717, 1.165) is 25.7 Å². The number of nitrogens with zero attached hydrogens (tertiary/aromatic N) is 2. The normalized spacial score (nSPS) is 25.2. The van der Waals surface area contributed by atoms with E-state index in [-0.39, 0.29) is 24.3 Å². The SMILES string of the molecule is O=C(O)[C@H]1CCCN1C(=O)CCNC(CCC(=O)N1CCC[C@@H]1C(=O)O)C1CC1. The number of amides is 2. The molecule has 1 aliphatic carbocycles. The molecule has 9 heteroatoms. The second kappa shape index (κ2) is 9.56. The molecular weight excluding hydrogens is 378 g/mol. The number of hydrogen-bond acceptors (Lipinski definition) is 5. The van der Waals surface area contributed by atoms with E-state index < -0.39 is 24.0 Å². The Balaban J connectivity index is 1.42. The molecule has 3 fully saturated rings. The van der Waals surface area contributed by atoms with Crippen molar-refractivity contribution in [3.05, 3.63) is 0 Å². The Labute approximate surface area is 170 Å². The van der Waals surface area contributed by atoms with Gasteiger partial charge in [-0.1, -0.05) is 0 Å². The number of hydrogen-bond donors (Lipinski definition) is 3. The van der Waals surface area contributed by atoms with Gasteiger partial charge < -0.3 is 25.3 Å². The number of likely N-dealkylation sites (tertiary alicyclic amines) is 2. The first-order valence-electron chi connectivity index (χ1n) is 10.7. The van der Waals surface area contributed by atoms with Gasteiger partial charge in [-0.2, -0.15) is 0 Å². The van der Waals surface area contributed by atoms with Crippen LogP contribution >= 0.6 is 0 Å². The highest BCUT2D eigenvalue weighted by molar-refractivity contribution is 5.85. The van der Waals surface area contributed by atoms with E-state index in [1.165, 1.54) is 9.80 Å². The fourth-order valence-corrected chi connectivity index (χ4v) is 4.58. The van der Waals surface area contributed by atoms with Crippen LogP contribution in [0.15, 0.2) is 0 Å². The van der Waals surface area contributed by atoms with Crippen LogP contribution in [-0.4, -0.2) is 81.5 Å². The summed E-state index contributed by atoms with van der Waals surface area (Å²) < 4.78 is 0. The van der Waals surface area contributed by atoms with Crippen molar-refractivity contribution in [1.29, 1.82) is 0 Å². The summed E-state index contributed by atoms with van der Waals surface area (Å²) in [6, 6.07) is -1.27. The van der Waals surface area contributed by atoms with Crippen LogP contribution in [0.25, 0.3) is 0 Å². The second-order valence-electron chi connectivity index (χ2n) is 8.35. The monoisotopic (exact) mass is 409 g/mol. The van der Waals surface area contributed by atoms with Crippen LogP contribution in [0.5, 0.6) is 0 Å². The van der Waals surface area contributed by atoms with Crippen molar-refractivity contribution >= 4 is 23.8 Å². The summed E-state index contributed by atoms with van der Waals surface area (Å²) in [5.74, 6) is -1.65. The van der Waals surface area contributed by atoms with Gasteiger partial charge in [0.1, 0.15) is 12.1 Å². The number of carboxylic acids is 2. The predicted octanol–water partition coefficient (Wildman–Crippen LogP) is 0.676. The molecule has 2 heterocycles. The minimum absolute atomic E-state index is 0.111. The van der Waals surface area contributed by atoms with Gasteiger partial charge in [0, 0.05) is 38.5 Å². The van der Waals surface area contributed by atoms with Gasteiger partial charge >= 0.3 is 11.9 Å². The fourth-order valence-electron chi connectivity index (χ4n) is 4.58. The largest absolute Gasteiger partial charge is 0.480 e. The Morgan fingerprint density at radius 1 is 0.828 bits per heavy atom. The molecule has 29 heavy (non-hydrogen) atoms. The summed E-state index contributed by atoms with van der Waals surface area (Å²) in [6.07, 6.45) is 5.83. The molecule has 162 valence electrons. The summed E-state index contributed by atoms with van der Waals surface area (Å²) in [7, 11) is 0. The van der Waals surface area contributed by atoms with E-state index in [9.17, 15) is 29.4 Å². The topological polar surface area (TPSA) is 127 Å². The lowest BCUT2D eigenvalue weighted by atomic mass is 10.1. The van der Waals surface area contributed by atoms with Gasteiger partial charge in [-0.05, 0) is 50.9 Å². The lowest BCUT2D eigenvalue weighted by Gasteiger charge is -2.24. The third-order valence-electron chi connectivity index (χ3n) is 6.32. The molecular formula is C20H31N3O6. The van der Waals surface area contributed by atoms with E-state index in [2.05, 4.69) is 5.32 Å². The number of aliphatic carboxylic acids is 2. The van der Waals surface area contributed by atoms with E-state index in [0.29, 0.717) is 51.2 Å². The molecule has 1 saturated carbocycles. The smallest absolute Gasteiger partial charge is 0.326 e. The molecule has 0 bridgehead atoms. The minimum Gasteiger partial charge on any atom is -0.480 e. The van der Waals surface area contributed by atoms with E-state index in [1.807, 2.05) is 0 Å². The summed E-state index contributed by atoms with van der Waals surface area (Å²) >= 11 is 0. The average molecular weight is 409 g/mol. The molecule has 9 nitrogen and oxygen atoms in total. The first kappa shape index (κ1) is 21.5. The van der Waals surface area contributed by atoms with Gasteiger partial charge in [0.25, 0.3) is 0 Å². The Morgan fingerprint density at radius 2 is 1.34 bits per heavy atom. The maximum absolute atomic E-state index is 12.5. The summed E-state index contributed by atoms with van der Waals surface area (Å²) in [5.41, 5.74) is 0. The van der Waals surface area contributed by atoms with Crippen molar-refractivity contribution in [2.24, 2.45) is 5.92 Å². The quantitative estimate of drug-likeness (QED) is 0.484. The lowest BCUT2D eigenvalue weighted by Crippen LogP contribution is -2.43. The molecule has 0 aromatic rings. The molecule has 2 amide bonds. The molecule has 2 saturated heterocycles. The molecule has 3 rings (SSSR count). The third-order valence-corrected chi connectivity index (χ3v) is 6.32. The zero-order chi connectivity index (χ0) is 21.0. The van der Waals surface area contributed by atoms with E-state index >= 15 is 0 Å². The molecule has 3 aliphatic rings. The van der Waals surface area contributed by atoms with Crippen molar-refractivity contribution in [2.45, 2.75) is 75.9 Å². The molecule has 0 radical (unpaired) electrons. The molecule has 0 spiro atoms. The fraction of sp³-hybridized carbons (Fsp3) is 0.800. The van der Waals surface area contributed by atoms with Crippen LogP contribution < -0.4 is 5.32 Å². The zero-order valence-corrected chi connectivity index (χ0v) is 16.7. The summed E-state index contributed by atoms with van der Waals surface area (Å²) in [5, 5.41) is 21.8. The molecule has 2 aliphatic heterocycles. The maximum atomic E-state index is 12.5. The van der Waals surface area contributed by atoms with Gasteiger partial charge in [-0.25, -0.2) is 9.59 Å². The molecule has 1 unspecified atom stereocenters. The highest BCUT2D eigenvalue weighted by Crippen LogP contribution is 2.35. The van der Waals surface area contributed by atoms with Gasteiger partial charge in [-0.3, -0.25) is 9.59 Å². The first-order valence-corrected chi connectivity index (χ1v) is 10.7. The highest BCUT2D eigenvalue weighted by Gasteiger charge is 2.36. The third kappa shape index (κ3) is 5.46. The average Bonchev–Trinajstić information content (AvgIpc) is 3.20. The highest BCUT2D eigenvalue weighted by atomic mass is 16.4. The van der Waals surface area contributed by atoms with E-state index in [4.69, 9.17) is 0 Å². The van der Waals surface area contributed by atoms with Crippen LogP contribution in [0.2, 0.25) is 0 Å². The lowest BCUT2D eigenvalue weighted by molar-refractivity contribution is -0.148. The van der Waals surface area contributed by atoms with Gasteiger partial charge in [0.2, 0.25) is 11.8 Å². The molecule has 3 atom stereocenters. The Kier molecular flexibility index (Phi) is 7.10. The molecule has 0 aromatic heterocycles. The number of carbonyl (C=O) groups is 4. The van der Waals surface area contributed by atoms with Crippen molar-refractivity contribution in [3.8, 4) is 0 Å². The van der Waals surface area contributed by atoms with Crippen LogP contribution in [0.3, 0.4) is 0 Å². The summed E-state index contributed by atoms with van der Waals surface area (Å²) in [6.45, 7) is 1.46. The Hall–Kier alpha value is -2.16. The van der Waals surface area contributed by atoms with Crippen LogP contribution in [0.1, 0.15) is 57.8 Å². The van der Waals surface area contributed by atoms with E-state index in [1.54, 1.807) is 0 Å². The zero-order valence-electron chi connectivity index (χ0n) is 16.7. The second-order valence-corrected chi connectivity index (χ2v) is 8.35. The summed E-state index contributed by atoms with van der Waals surface area (Å²) in [4.78, 5) is 50.3. The molecule has 3 N–H and O–H groups in total. The first-order chi connectivity index (χ1) is 13.9. The van der Waals surface area contributed by atoms with Crippen molar-refractivity contribution in [3.63, 3.8) is 0 Å². The van der Waals surface area contributed by atoms with Crippen LogP contribution in [0, 0.1) is 5.92 Å². The van der Waals surface area contributed by atoms with Crippen molar-refractivity contribution in [2.75, 3.05) is 19.6 Å². The number of nitrogens with one attached hydrogen (secondary N) is 1. The van der Waals surface area contributed by atoms with Crippen LogP contribution in [0.4, 0.5) is 0 Å². The maximum Gasteiger partial charge on any atom is 0.326 e. The van der Waals surface area contributed by atoms with Crippen LogP contribution in [-0.2, 0) is 19.2 Å². The van der Waals surface area contributed by atoms with Gasteiger partial charge in [-0.15, -0.1) is 0 Å². The van der Waals surface area contributed by atoms with Gasteiger partial charge in [0.05, 0.1) is 0 Å². The number of carboxylic acid groups (broad SMARTS) is 2.